The van der Waals surface area contributed by atoms with Crippen molar-refractivity contribution in [2.24, 2.45) is 5.92 Å². The van der Waals surface area contributed by atoms with Crippen LogP contribution in [0.4, 0.5) is 0 Å². The molecule has 6 nitrogen and oxygen atoms in total. The van der Waals surface area contributed by atoms with Gasteiger partial charge < -0.3 is 19.9 Å². The fourth-order valence-electron chi connectivity index (χ4n) is 2.89. The molecule has 0 heterocycles. The third kappa shape index (κ3) is 4.32. The Kier molecular flexibility index (Phi) is 6.31. The Morgan fingerprint density at radius 2 is 1.96 bits per heavy atom. The summed E-state index contributed by atoms with van der Waals surface area (Å²) < 4.78 is 10.7. The van der Waals surface area contributed by atoms with Crippen LogP contribution in [0.5, 0.6) is 11.5 Å². The molecule has 0 spiro atoms. The number of carboxylic acids is 1. The number of benzene rings is 1. The number of rotatable bonds is 6. The summed E-state index contributed by atoms with van der Waals surface area (Å²) in [4.78, 5) is 23.4. The lowest BCUT2D eigenvalue weighted by Gasteiger charge is -2.27. The number of carbonyl (C=O) groups excluding carboxylic acids is 1. The first kappa shape index (κ1) is 18.4. The Balaban J connectivity index is 2.05. The first-order valence-corrected chi connectivity index (χ1v) is 8.38. The molecule has 1 aliphatic rings. The summed E-state index contributed by atoms with van der Waals surface area (Å²) >= 11 is 6.18. The van der Waals surface area contributed by atoms with Gasteiger partial charge in [-0.05, 0) is 44.7 Å². The van der Waals surface area contributed by atoms with E-state index < -0.39 is 5.97 Å². The summed E-state index contributed by atoms with van der Waals surface area (Å²) in [5, 5.41) is 12.3. The number of carboxylic acid groups (broad SMARTS) is 1. The molecule has 0 saturated heterocycles. The number of hydrogen-bond donors (Lipinski definition) is 2. The van der Waals surface area contributed by atoms with Crippen LogP contribution >= 0.6 is 11.6 Å². The van der Waals surface area contributed by atoms with Crippen LogP contribution in [0.1, 0.15) is 43.0 Å². The molecule has 0 bridgehead atoms. The zero-order chi connectivity index (χ0) is 17.7. The summed E-state index contributed by atoms with van der Waals surface area (Å²) in [5.41, 5.74) is 0.390. The maximum absolute atomic E-state index is 12.4. The molecule has 0 aromatic heterocycles. The van der Waals surface area contributed by atoms with Gasteiger partial charge in [0.2, 0.25) is 0 Å². The zero-order valence-electron chi connectivity index (χ0n) is 13.8. The SMILES string of the molecule is CCOc1c(Cl)cc(C(=O)NC2CCC(C(=O)O)CC2)cc1OC. The van der Waals surface area contributed by atoms with Gasteiger partial charge in [0.15, 0.2) is 11.5 Å². The lowest BCUT2D eigenvalue weighted by atomic mass is 9.86. The minimum atomic E-state index is -0.761. The van der Waals surface area contributed by atoms with Crippen LogP contribution in [0.2, 0.25) is 5.02 Å². The van der Waals surface area contributed by atoms with Crippen molar-refractivity contribution in [1.29, 1.82) is 0 Å². The quantitative estimate of drug-likeness (QED) is 0.819. The maximum Gasteiger partial charge on any atom is 0.306 e. The molecule has 0 unspecified atom stereocenters. The van der Waals surface area contributed by atoms with Gasteiger partial charge in [-0.2, -0.15) is 0 Å². The fraction of sp³-hybridized carbons (Fsp3) is 0.529. The van der Waals surface area contributed by atoms with Crippen molar-refractivity contribution in [3.63, 3.8) is 0 Å². The van der Waals surface area contributed by atoms with Gasteiger partial charge in [0.1, 0.15) is 0 Å². The number of hydrogen-bond acceptors (Lipinski definition) is 4. The molecule has 1 fully saturated rings. The Bertz CT molecular complexity index is 611. The standard InChI is InChI=1S/C17H22ClNO5/c1-3-24-15-13(18)8-11(9-14(15)23-2)16(20)19-12-6-4-10(5-7-12)17(21)22/h8-10,12H,3-7H2,1-2H3,(H,19,20)(H,21,22). The Morgan fingerprint density at radius 3 is 2.50 bits per heavy atom. The van der Waals surface area contributed by atoms with Gasteiger partial charge in [-0.25, -0.2) is 0 Å². The molecule has 7 heteroatoms. The van der Waals surface area contributed by atoms with E-state index in [-0.39, 0.29) is 17.9 Å². The van der Waals surface area contributed by atoms with Gasteiger partial charge >= 0.3 is 5.97 Å². The van der Waals surface area contributed by atoms with Crippen LogP contribution in [0.15, 0.2) is 12.1 Å². The molecule has 1 saturated carbocycles. The van der Waals surface area contributed by atoms with Crippen molar-refractivity contribution < 1.29 is 24.2 Å². The van der Waals surface area contributed by atoms with E-state index in [9.17, 15) is 9.59 Å². The molecule has 0 atom stereocenters. The number of nitrogens with one attached hydrogen (secondary N) is 1. The molecule has 0 aliphatic heterocycles. The highest BCUT2D eigenvalue weighted by Crippen LogP contribution is 2.36. The average molecular weight is 356 g/mol. The predicted octanol–water partition coefficient (Wildman–Crippen LogP) is 3.12. The van der Waals surface area contributed by atoms with Gasteiger partial charge in [0.05, 0.1) is 24.7 Å². The van der Waals surface area contributed by atoms with E-state index in [4.69, 9.17) is 26.2 Å². The van der Waals surface area contributed by atoms with Crippen molar-refractivity contribution >= 4 is 23.5 Å². The predicted molar refractivity (Wildman–Crippen MR) is 90.0 cm³/mol. The minimum absolute atomic E-state index is 0.0237. The number of aliphatic carboxylic acids is 1. The molecule has 24 heavy (non-hydrogen) atoms. The fourth-order valence-corrected chi connectivity index (χ4v) is 3.15. The van der Waals surface area contributed by atoms with E-state index in [1.54, 1.807) is 12.1 Å². The normalized spacial score (nSPS) is 20.3. The molecule has 2 N–H and O–H groups in total. The maximum atomic E-state index is 12.4. The average Bonchev–Trinajstić information content (AvgIpc) is 2.57. The van der Waals surface area contributed by atoms with Gasteiger partial charge in [-0.3, -0.25) is 9.59 Å². The molecular weight excluding hydrogens is 334 g/mol. The van der Waals surface area contributed by atoms with Crippen LogP contribution in [0.3, 0.4) is 0 Å². The summed E-state index contributed by atoms with van der Waals surface area (Å²) in [6.45, 7) is 2.28. The first-order chi connectivity index (χ1) is 11.5. The van der Waals surface area contributed by atoms with Crippen molar-refractivity contribution in [3.8, 4) is 11.5 Å². The molecule has 1 aliphatic carbocycles. The topological polar surface area (TPSA) is 84.9 Å². The zero-order valence-corrected chi connectivity index (χ0v) is 14.6. The van der Waals surface area contributed by atoms with Crippen molar-refractivity contribution in [2.75, 3.05) is 13.7 Å². The van der Waals surface area contributed by atoms with Gasteiger partial charge in [0, 0.05) is 11.6 Å². The lowest BCUT2D eigenvalue weighted by Crippen LogP contribution is -2.38. The van der Waals surface area contributed by atoms with Gasteiger partial charge in [-0.15, -0.1) is 0 Å². The summed E-state index contributed by atoms with van der Waals surface area (Å²) in [6.07, 6.45) is 2.47. The lowest BCUT2D eigenvalue weighted by molar-refractivity contribution is -0.142. The number of carbonyl (C=O) groups is 2. The van der Waals surface area contributed by atoms with E-state index in [0.717, 1.165) is 0 Å². The Labute approximate surface area is 146 Å². The number of ether oxygens (including phenoxy) is 2. The summed E-state index contributed by atoms with van der Waals surface area (Å²) in [5.74, 6) is -0.498. The van der Waals surface area contributed by atoms with E-state index in [2.05, 4.69) is 5.32 Å². The van der Waals surface area contributed by atoms with Crippen molar-refractivity contribution in [1.82, 2.24) is 5.32 Å². The molecule has 1 aromatic rings. The van der Waals surface area contributed by atoms with Gasteiger partial charge in [0.25, 0.3) is 5.91 Å². The highest BCUT2D eigenvalue weighted by atomic mass is 35.5. The number of amides is 1. The van der Waals surface area contributed by atoms with Crippen LogP contribution in [-0.2, 0) is 4.79 Å². The van der Waals surface area contributed by atoms with Crippen LogP contribution in [-0.4, -0.2) is 36.7 Å². The highest BCUT2D eigenvalue weighted by molar-refractivity contribution is 6.32. The Hall–Kier alpha value is -1.95. The number of methoxy groups -OCH3 is 1. The number of halogens is 1. The molecule has 1 aromatic carbocycles. The molecular formula is C17H22ClNO5. The van der Waals surface area contributed by atoms with E-state index in [0.29, 0.717) is 54.4 Å². The third-order valence-corrected chi connectivity index (χ3v) is 4.47. The summed E-state index contributed by atoms with van der Waals surface area (Å²) in [6, 6.07) is 3.12. The molecule has 2 rings (SSSR count). The largest absolute Gasteiger partial charge is 0.493 e. The molecule has 1 amide bonds. The second-order valence-electron chi connectivity index (χ2n) is 5.78. The van der Waals surface area contributed by atoms with Crippen molar-refractivity contribution in [3.05, 3.63) is 22.7 Å². The second kappa shape index (κ2) is 8.24. The molecule has 132 valence electrons. The first-order valence-electron chi connectivity index (χ1n) is 8.00. The van der Waals surface area contributed by atoms with Crippen LogP contribution in [0, 0.1) is 5.92 Å². The van der Waals surface area contributed by atoms with Crippen LogP contribution in [0.25, 0.3) is 0 Å². The minimum Gasteiger partial charge on any atom is -0.493 e. The van der Waals surface area contributed by atoms with Gasteiger partial charge in [-0.1, -0.05) is 11.6 Å². The Morgan fingerprint density at radius 1 is 1.29 bits per heavy atom. The molecule has 0 radical (unpaired) electrons. The van der Waals surface area contributed by atoms with E-state index in [1.165, 1.54) is 7.11 Å². The summed E-state index contributed by atoms with van der Waals surface area (Å²) in [7, 11) is 1.49. The van der Waals surface area contributed by atoms with E-state index >= 15 is 0 Å². The smallest absolute Gasteiger partial charge is 0.306 e. The van der Waals surface area contributed by atoms with E-state index in [1.807, 2.05) is 6.92 Å². The second-order valence-corrected chi connectivity index (χ2v) is 6.19. The monoisotopic (exact) mass is 355 g/mol. The highest BCUT2D eigenvalue weighted by Gasteiger charge is 2.27. The third-order valence-electron chi connectivity index (χ3n) is 4.19. The van der Waals surface area contributed by atoms with Crippen molar-refractivity contribution in [2.45, 2.75) is 38.6 Å². The van der Waals surface area contributed by atoms with Crippen LogP contribution < -0.4 is 14.8 Å².